The molecule has 0 aliphatic heterocycles. The zero-order valence-corrected chi connectivity index (χ0v) is 15.2. The van der Waals surface area contributed by atoms with Crippen molar-refractivity contribution < 1.29 is 9.53 Å². The van der Waals surface area contributed by atoms with Crippen molar-refractivity contribution in [2.24, 2.45) is 10.7 Å². The molecule has 3 N–H and O–H groups in total. The molecule has 0 aliphatic carbocycles. The molecule has 0 aromatic heterocycles. The standard InChI is InChI=1S/C18H37N3O2/c1-3-4-5-6-7-8-9-10-11-12-13-14-17(22)23-16-15-21-18(19)20-2/h3-16H2,1-2H3,(H3,19,20,21). The van der Waals surface area contributed by atoms with Crippen molar-refractivity contribution in [3.63, 3.8) is 0 Å². The van der Waals surface area contributed by atoms with Crippen LogP contribution in [0.1, 0.15) is 84.0 Å². The first-order valence-corrected chi connectivity index (χ1v) is 9.32. The SMILES string of the molecule is CCCCCCCCCCCCCC(=O)OCCNC(N)=NC. The van der Waals surface area contributed by atoms with Crippen molar-refractivity contribution in [2.75, 3.05) is 20.2 Å². The molecule has 0 aliphatic rings. The topological polar surface area (TPSA) is 76.7 Å². The van der Waals surface area contributed by atoms with E-state index in [0.29, 0.717) is 25.5 Å². The highest BCUT2D eigenvalue weighted by atomic mass is 16.5. The number of nitrogens with one attached hydrogen (secondary N) is 1. The average Bonchev–Trinajstić information content (AvgIpc) is 2.56. The van der Waals surface area contributed by atoms with Crippen LogP contribution in [-0.4, -0.2) is 32.1 Å². The first-order valence-electron chi connectivity index (χ1n) is 9.32. The predicted molar refractivity (Wildman–Crippen MR) is 97.6 cm³/mol. The Morgan fingerprint density at radius 2 is 1.48 bits per heavy atom. The largest absolute Gasteiger partial charge is 0.464 e. The van der Waals surface area contributed by atoms with Gasteiger partial charge >= 0.3 is 5.97 Å². The number of nitrogens with zero attached hydrogens (tertiary/aromatic N) is 1. The number of aliphatic imine (C=N–C) groups is 1. The minimum Gasteiger partial charge on any atom is -0.464 e. The van der Waals surface area contributed by atoms with Crippen LogP contribution in [0.25, 0.3) is 0 Å². The van der Waals surface area contributed by atoms with Gasteiger partial charge in [-0.15, -0.1) is 0 Å². The number of unbranched alkanes of at least 4 members (excludes halogenated alkanes) is 10. The van der Waals surface area contributed by atoms with Gasteiger partial charge in [-0.05, 0) is 6.42 Å². The first-order chi connectivity index (χ1) is 11.2. The molecule has 136 valence electrons. The zero-order chi connectivity index (χ0) is 17.2. The summed E-state index contributed by atoms with van der Waals surface area (Å²) in [5.41, 5.74) is 5.47. The lowest BCUT2D eigenvalue weighted by atomic mass is 10.1. The van der Waals surface area contributed by atoms with Gasteiger partial charge in [0.2, 0.25) is 0 Å². The molecule has 0 rings (SSSR count). The van der Waals surface area contributed by atoms with E-state index in [2.05, 4.69) is 17.2 Å². The van der Waals surface area contributed by atoms with Gasteiger partial charge in [-0.1, -0.05) is 71.1 Å². The summed E-state index contributed by atoms with van der Waals surface area (Å²) in [6.45, 7) is 3.10. The van der Waals surface area contributed by atoms with Crippen LogP contribution in [0.15, 0.2) is 4.99 Å². The molecule has 0 atom stereocenters. The lowest BCUT2D eigenvalue weighted by Gasteiger charge is -2.06. The Labute approximate surface area is 142 Å². The van der Waals surface area contributed by atoms with Crippen LogP contribution in [0.2, 0.25) is 0 Å². The predicted octanol–water partition coefficient (Wildman–Crippen LogP) is 3.76. The molecule has 0 amide bonds. The second-order valence-electron chi connectivity index (χ2n) is 6.04. The van der Waals surface area contributed by atoms with E-state index < -0.39 is 0 Å². The van der Waals surface area contributed by atoms with Crippen molar-refractivity contribution in [3.05, 3.63) is 0 Å². The number of rotatable bonds is 15. The average molecular weight is 328 g/mol. The lowest BCUT2D eigenvalue weighted by Crippen LogP contribution is -2.34. The maximum absolute atomic E-state index is 11.5. The number of carbonyl (C=O) groups excluding carboxylic acids is 1. The Hall–Kier alpha value is -1.26. The number of nitrogens with two attached hydrogens (primary N) is 1. The minimum absolute atomic E-state index is 0.116. The van der Waals surface area contributed by atoms with Crippen molar-refractivity contribution in [1.29, 1.82) is 0 Å². The van der Waals surface area contributed by atoms with Crippen LogP contribution in [0.5, 0.6) is 0 Å². The van der Waals surface area contributed by atoms with E-state index in [0.717, 1.165) is 12.8 Å². The molecule has 0 unspecified atom stereocenters. The molecular formula is C18H37N3O2. The molecule has 23 heavy (non-hydrogen) atoms. The summed E-state index contributed by atoms with van der Waals surface area (Å²) in [5, 5.41) is 2.85. The van der Waals surface area contributed by atoms with E-state index in [1.165, 1.54) is 57.8 Å². The van der Waals surface area contributed by atoms with Crippen LogP contribution in [0, 0.1) is 0 Å². The summed E-state index contributed by atoms with van der Waals surface area (Å²) in [6.07, 6.45) is 14.7. The van der Waals surface area contributed by atoms with Crippen molar-refractivity contribution >= 4 is 11.9 Å². The van der Waals surface area contributed by atoms with Gasteiger partial charge in [-0.2, -0.15) is 0 Å². The van der Waals surface area contributed by atoms with Gasteiger partial charge in [0.1, 0.15) is 6.61 Å². The molecule has 0 spiro atoms. The van der Waals surface area contributed by atoms with E-state index >= 15 is 0 Å². The van der Waals surface area contributed by atoms with Gasteiger partial charge in [0.25, 0.3) is 0 Å². The number of esters is 1. The van der Waals surface area contributed by atoms with Gasteiger partial charge in [-0.3, -0.25) is 9.79 Å². The van der Waals surface area contributed by atoms with E-state index in [-0.39, 0.29) is 5.97 Å². The van der Waals surface area contributed by atoms with Crippen LogP contribution < -0.4 is 11.1 Å². The fourth-order valence-corrected chi connectivity index (χ4v) is 2.43. The van der Waals surface area contributed by atoms with Gasteiger partial charge in [0.15, 0.2) is 5.96 Å². The molecular weight excluding hydrogens is 290 g/mol. The minimum atomic E-state index is -0.116. The first kappa shape index (κ1) is 21.7. The van der Waals surface area contributed by atoms with E-state index in [1.807, 2.05) is 0 Å². The summed E-state index contributed by atoms with van der Waals surface area (Å²) in [4.78, 5) is 15.3. The monoisotopic (exact) mass is 327 g/mol. The molecule has 0 saturated heterocycles. The molecule has 0 aromatic rings. The van der Waals surface area contributed by atoms with Crippen molar-refractivity contribution in [1.82, 2.24) is 5.32 Å². The summed E-state index contributed by atoms with van der Waals surface area (Å²) in [6, 6.07) is 0. The normalized spacial score (nSPS) is 11.5. The number of guanidine groups is 1. The van der Waals surface area contributed by atoms with Gasteiger partial charge in [-0.25, -0.2) is 0 Å². The molecule has 0 heterocycles. The smallest absolute Gasteiger partial charge is 0.305 e. The Kier molecular flexibility index (Phi) is 16.2. The Morgan fingerprint density at radius 1 is 0.957 bits per heavy atom. The maximum atomic E-state index is 11.5. The highest BCUT2D eigenvalue weighted by Gasteiger charge is 2.02. The van der Waals surface area contributed by atoms with Crippen LogP contribution in [0.3, 0.4) is 0 Å². The highest BCUT2D eigenvalue weighted by Crippen LogP contribution is 2.12. The van der Waals surface area contributed by atoms with Crippen LogP contribution in [-0.2, 0) is 9.53 Å². The Balaban J connectivity index is 3.20. The third-order valence-electron chi connectivity index (χ3n) is 3.90. The number of ether oxygens (including phenoxy) is 1. The summed E-state index contributed by atoms with van der Waals surface area (Å²) >= 11 is 0. The third-order valence-corrected chi connectivity index (χ3v) is 3.90. The molecule has 0 saturated carbocycles. The van der Waals surface area contributed by atoms with Crippen molar-refractivity contribution in [3.8, 4) is 0 Å². The maximum Gasteiger partial charge on any atom is 0.305 e. The van der Waals surface area contributed by atoms with Gasteiger partial charge < -0.3 is 15.8 Å². The molecule has 0 radical (unpaired) electrons. The lowest BCUT2D eigenvalue weighted by molar-refractivity contribution is -0.143. The fourth-order valence-electron chi connectivity index (χ4n) is 2.43. The van der Waals surface area contributed by atoms with Crippen LogP contribution >= 0.6 is 0 Å². The van der Waals surface area contributed by atoms with Gasteiger partial charge in [0, 0.05) is 13.5 Å². The van der Waals surface area contributed by atoms with Crippen LogP contribution in [0.4, 0.5) is 0 Å². The van der Waals surface area contributed by atoms with Crippen molar-refractivity contribution in [2.45, 2.75) is 84.0 Å². The summed E-state index contributed by atoms with van der Waals surface area (Å²) in [7, 11) is 1.61. The Bertz CT molecular complexity index is 307. The van der Waals surface area contributed by atoms with E-state index in [4.69, 9.17) is 10.5 Å². The Morgan fingerprint density at radius 3 is 2.00 bits per heavy atom. The summed E-state index contributed by atoms with van der Waals surface area (Å²) < 4.78 is 5.12. The second kappa shape index (κ2) is 17.1. The molecule has 0 bridgehead atoms. The highest BCUT2D eigenvalue weighted by molar-refractivity contribution is 5.77. The number of hydrogen-bond donors (Lipinski definition) is 2. The fraction of sp³-hybridized carbons (Fsp3) is 0.889. The third kappa shape index (κ3) is 16.9. The summed E-state index contributed by atoms with van der Waals surface area (Å²) in [5.74, 6) is 0.251. The molecule has 0 fully saturated rings. The second-order valence-corrected chi connectivity index (χ2v) is 6.04. The number of hydrogen-bond acceptors (Lipinski definition) is 3. The quantitative estimate of drug-likeness (QED) is 0.208. The molecule has 5 nitrogen and oxygen atoms in total. The van der Waals surface area contributed by atoms with E-state index in [9.17, 15) is 4.79 Å². The zero-order valence-electron chi connectivity index (χ0n) is 15.2. The molecule has 0 aromatic carbocycles. The molecule has 5 heteroatoms. The number of carbonyl (C=O) groups is 1. The van der Waals surface area contributed by atoms with Gasteiger partial charge in [0.05, 0.1) is 6.54 Å². The van der Waals surface area contributed by atoms with E-state index in [1.54, 1.807) is 7.05 Å².